The van der Waals surface area contributed by atoms with Crippen LogP contribution in [0.15, 0.2) is 42.6 Å². The minimum absolute atomic E-state index is 0.811. The number of hydrogen-bond donors (Lipinski definition) is 0. The molecule has 0 atom stereocenters. The van der Waals surface area contributed by atoms with Crippen molar-refractivity contribution in [2.75, 3.05) is 31.1 Å². The number of hydrogen-bond acceptors (Lipinski definition) is 4. The van der Waals surface area contributed by atoms with Gasteiger partial charge in [-0.1, -0.05) is 18.2 Å². The first-order chi connectivity index (χ1) is 11.7. The fraction of sp³-hybridized carbons (Fsp3) is 0.368. The van der Waals surface area contributed by atoms with Gasteiger partial charge in [0.25, 0.3) is 0 Å². The molecule has 5 nitrogen and oxygen atoms in total. The lowest BCUT2D eigenvalue weighted by atomic mass is 10.2. The number of fused-ring (bicyclic) bond motifs is 1. The zero-order chi connectivity index (χ0) is 16.5. The fourth-order valence-corrected chi connectivity index (χ4v) is 3.43. The molecule has 1 saturated heterocycles. The molecule has 3 aromatic rings. The number of nitrogens with zero attached hydrogens (tertiary/aromatic N) is 5. The van der Waals surface area contributed by atoms with E-state index in [0.29, 0.717) is 0 Å². The molecule has 1 aliphatic heterocycles. The minimum atomic E-state index is 0.811. The van der Waals surface area contributed by atoms with Gasteiger partial charge >= 0.3 is 0 Å². The Morgan fingerprint density at radius 1 is 0.958 bits per heavy atom. The molecule has 0 bridgehead atoms. The van der Waals surface area contributed by atoms with Gasteiger partial charge in [0.2, 0.25) is 5.78 Å². The molecule has 0 aliphatic carbocycles. The average Bonchev–Trinajstić information content (AvgIpc) is 2.99. The summed E-state index contributed by atoms with van der Waals surface area (Å²) in [6.07, 6.45) is 2.13. The molecule has 2 aromatic heterocycles. The van der Waals surface area contributed by atoms with E-state index in [1.165, 1.54) is 11.4 Å². The van der Waals surface area contributed by atoms with Gasteiger partial charge in [-0.25, -0.2) is 9.97 Å². The molecule has 124 valence electrons. The third-order valence-electron chi connectivity index (χ3n) is 4.69. The van der Waals surface area contributed by atoms with Crippen molar-refractivity contribution in [1.82, 2.24) is 19.3 Å². The first kappa shape index (κ1) is 15.1. The van der Waals surface area contributed by atoms with Crippen molar-refractivity contribution < 1.29 is 0 Å². The molecule has 1 fully saturated rings. The van der Waals surface area contributed by atoms with E-state index >= 15 is 0 Å². The summed E-state index contributed by atoms with van der Waals surface area (Å²) < 4.78 is 2.09. The highest BCUT2D eigenvalue weighted by atomic mass is 15.3. The third kappa shape index (κ3) is 2.99. The first-order valence-corrected chi connectivity index (χ1v) is 8.53. The molecule has 1 aliphatic rings. The monoisotopic (exact) mass is 321 g/mol. The van der Waals surface area contributed by atoms with Gasteiger partial charge in [0.05, 0.1) is 5.69 Å². The van der Waals surface area contributed by atoms with Crippen molar-refractivity contribution in [3.8, 4) is 0 Å². The van der Waals surface area contributed by atoms with Gasteiger partial charge in [0.15, 0.2) is 0 Å². The number of benzene rings is 1. The Balaban J connectivity index is 1.43. The van der Waals surface area contributed by atoms with Crippen LogP contribution in [-0.4, -0.2) is 45.4 Å². The first-order valence-electron chi connectivity index (χ1n) is 8.53. The van der Waals surface area contributed by atoms with E-state index in [1.54, 1.807) is 0 Å². The van der Waals surface area contributed by atoms with Crippen molar-refractivity contribution in [2.24, 2.45) is 0 Å². The smallest absolute Gasteiger partial charge is 0.234 e. The highest BCUT2D eigenvalue weighted by Crippen LogP contribution is 2.17. The Bertz CT molecular complexity index is 832. The topological polar surface area (TPSA) is 36.7 Å². The molecule has 0 radical (unpaired) electrons. The van der Waals surface area contributed by atoms with Crippen LogP contribution in [0.25, 0.3) is 5.78 Å². The summed E-state index contributed by atoms with van der Waals surface area (Å²) in [5, 5.41) is 0. The molecule has 0 amide bonds. The van der Waals surface area contributed by atoms with E-state index < -0.39 is 0 Å². The van der Waals surface area contributed by atoms with Gasteiger partial charge in [-0.15, -0.1) is 0 Å². The molecule has 0 spiro atoms. The van der Waals surface area contributed by atoms with Crippen molar-refractivity contribution in [3.63, 3.8) is 0 Å². The highest BCUT2D eigenvalue weighted by molar-refractivity contribution is 5.46. The summed E-state index contributed by atoms with van der Waals surface area (Å²) in [5.41, 5.74) is 4.63. The van der Waals surface area contributed by atoms with Gasteiger partial charge in [0, 0.05) is 56.0 Å². The van der Waals surface area contributed by atoms with E-state index in [0.717, 1.165) is 49.9 Å². The quantitative estimate of drug-likeness (QED) is 0.743. The molecular formula is C19H23N5. The molecule has 0 saturated carbocycles. The fourth-order valence-electron chi connectivity index (χ4n) is 3.43. The highest BCUT2D eigenvalue weighted by Gasteiger charge is 2.18. The van der Waals surface area contributed by atoms with Crippen molar-refractivity contribution in [2.45, 2.75) is 20.4 Å². The summed E-state index contributed by atoms with van der Waals surface area (Å²) in [7, 11) is 0. The second-order valence-electron chi connectivity index (χ2n) is 6.54. The minimum Gasteiger partial charge on any atom is -0.369 e. The number of rotatable bonds is 3. The maximum atomic E-state index is 4.70. The van der Waals surface area contributed by atoms with Crippen LogP contribution in [0.4, 0.5) is 5.69 Å². The maximum Gasteiger partial charge on any atom is 0.234 e. The van der Waals surface area contributed by atoms with Crippen LogP contribution in [0.1, 0.15) is 17.1 Å². The van der Waals surface area contributed by atoms with Gasteiger partial charge in [-0.2, -0.15) is 0 Å². The van der Waals surface area contributed by atoms with Crippen LogP contribution in [0, 0.1) is 13.8 Å². The van der Waals surface area contributed by atoms with Crippen molar-refractivity contribution >= 4 is 11.5 Å². The zero-order valence-corrected chi connectivity index (χ0v) is 14.3. The van der Waals surface area contributed by atoms with Crippen LogP contribution >= 0.6 is 0 Å². The molecule has 5 heteroatoms. The second kappa shape index (κ2) is 6.24. The molecule has 0 unspecified atom stereocenters. The summed E-state index contributed by atoms with van der Waals surface area (Å²) in [6.45, 7) is 9.27. The largest absolute Gasteiger partial charge is 0.369 e. The molecule has 4 rings (SSSR count). The predicted molar refractivity (Wildman–Crippen MR) is 96.4 cm³/mol. The van der Waals surface area contributed by atoms with E-state index in [-0.39, 0.29) is 0 Å². The SMILES string of the molecule is Cc1cc(C)n2cc(CN3CCN(c4ccccc4)CC3)nc2n1. The van der Waals surface area contributed by atoms with Gasteiger partial charge in [0.1, 0.15) is 0 Å². The molecule has 1 aromatic carbocycles. The molecule has 24 heavy (non-hydrogen) atoms. The Morgan fingerprint density at radius 2 is 1.71 bits per heavy atom. The van der Waals surface area contributed by atoms with Gasteiger partial charge in [-0.3, -0.25) is 9.30 Å². The number of imidazole rings is 1. The molecule has 0 N–H and O–H groups in total. The third-order valence-corrected chi connectivity index (χ3v) is 4.69. The number of piperazine rings is 1. The number of anilines is 1. The number of aryl methyl sites for hydroxylation is 2. The number of para-hydroxylation sites is 1. The molecular weight excluding hydrogens is 298 g/mol. The molecule has 3 heterocycles. The van der Waals surface area contributed by atoms with Gasteiger partial charge < -0.3 is 4.90 Å². The zero-order valence-electron chi connectivity index (χ0n) is 14.3. The van der Waals surface area contributed by atoms with Crippen LogP contribution in [0.5, 0.6) is 0 Å². The lowest BCUT2D eigenvalue weighted by molar-refractivity contribution is 0.247. The predicted octanol–water partition coefficient (Wildman–Crippen LogP) is 2.67. The Labute approximate surface area is 142 Å². The van der Waals surface area contributed by atoms with E-state index in [9.17, 15) is 0 Å². The normalized spacial score (nSPS) is 16.0. The van der Waals surface area contributed by atoms with Crippen LogP contribution < -0.4 is 4.90 Å². The Morgan fingerprint density at radius 3 is 2.46 bits per heavy atom. The van der Waals surface area contributed by atoms with Crippen LogP contribution in [-0.2, 0) is 6.54 Å². The average molecular weight is 321 g/mol. The van der Waals surface area contributed by atoms with E-state index in [4.69, 9.17) is 4.98 Å². The number of aromatic nitrogens is 3. The second-order valence-corrected chi connectivity index (χ2v) is 6.54. The maximum absolute atomic E-state index is 4.70. The summed E-state index contributed by atoms with van der Waals surface area (Å²) in [5.74, 6) is 0.811. The van der Waals surface area contributed by atoms with Gasteiger partial charge in [-0.05, 0) is 32.0 Å². The van der Waals surface area contributed by atoms with E-state index in [2.05, 4.69) is 68.7 Å². The standard InChI is InChI=1S/C19H23N5/c1-15-12-16(2)24-14-17(21-19(24)20-15)13-22-8-10-23(11-9-22)18-6-4-3-5-7-18/h3-7,12,14H,8-11,13H2,1-2H3. The van der Waals surface area contributed by atoms with Crippen LogP contribution in [0.2, 0.25) is 0 Å². The Kier molecular flexibility index (Phi) is 3.94. The van der Waals surface area contributed by atoms with Crippen molar-refractivity contribution in [1.29, 1.82) is 0 Å². The van der Waals surface area contributed by atoms with Crippen molar-refractivity contribution in [3.05, 3.63) is 59.7 Å². The summed E-state index contributed by atoms with van der Waals surface area (Å²) >= 11 is 0. The van der Waals surface area contributed by atoms with E-state index in [1.807, 2.05) is 6.92 Å². The summed E-state index contributed by atoms with van der Waals surface area (Å²) in [4.78, 5) is 14.2. The lowest BCUT2D eigenvalue weighted by Crippen LogP contribution is -2.46. The summed E-state index contributed by atoms with van der Waals surface area (Å²) in [6, 6.07) is 12.8. The van der Waals surface area contributed by atoms with Crippen LogP contribution in [0.3, 0.4) is 0 Å². The lowest BCUT2D eigenvalue weighted by Gasteiger charge is -2.35. The Hall–Kier alpha value is -2.40.